The largest absolute Gasteiger partial charge is 0.441 e. The van der Waals surface area contributed by atoms with Gasteiger partial charge in [-0.2, -0.15) is 0 Å². The lowest BCUT2D eigenvalue weighted by molar-refractivity contribution is 0.0406. The summed E-state index contributed by atoms with van der Waals surface area (Å²) in [5.41, 5.74) is 3.83. The Morgan fingerprint density at radius 1 is 0.838 bits per heavy atom. The zero-order valence-corrected chi connectivity index (χ0v) is 20.7. The van der Waals surface area contributed by atoms with Gasteiger partial charge in [-0.05, 0) is 42.0 Å². The number of nitrogens with zero attached hydrogens (tertiary/aromatic N) is 1. The van der Waals surface area contributed by atoms with Crippen LogP contribution in [0.5, 0.6) is 0 Å². The first kappa shape index (κ1) is 24.4. The molecular weight excluding hydrogens is 482 g/mol. The molecule has 1 heterocycles. The summed E-state index contributed by atoms with van der Waals surface area (Å²) in [5.74, 6) is 5.45. The van der Waals surface area contributed by atoms with Gasteiger partial charge in [-0.3, -0.25) is 0 Å². The second-order valence-electron chi connectivity index (χ2n) is 8.60. The van der Waals surface area contributed by atoms with Crippen molar-refractivity contribution in [2.24, 2.45) is 0 Å². The number of esters is 1. The second-order valence-corrected chi connectivity index (χ2v) is 9.03. The quantitative estimate of drug-likeness (QED) is 0.200. The van der Waals surface area contributed by atoms with Crippen LogP contribution in [-0.2, 0) is 11.3 Å². The van der Waals surface area contributed by atoms with E-state index in [9.17, 15) is 9.90 Å². The van der Waals surface area contributed by atoms with Gasteiger partial charge in [-0.25, -0.2) is 4.79 Å². The van der Waals surface area contributed by atoms with E-state index in [1.165, 1.54) is 0 Å². The summed E-state index contributed by atoms with van der Waals surface area (Å²) in [6.45, 7) is 0.561. The van der Waals surface area contributed by atoms with Crippen molar-refractivity contribution < 1.29 is 14.6 Å². The van der Waals surface area contributed by atoms with Gasteiger partial charge in [0.2, 0.25) is 0 Å². The number of benzene rings is 4. The minimum absolute atomic E-state index is 0.436. The fourth-order valence-electron chi connectivity index (χ4n) is 4.22. The summed E-state index contributed by atoms with van der Waals surface area (Å²) in [6.07, 6.45) is -1.96. The van der Waals surface area contributed by atoms with Crippen molar-refractivity contribution in [3.63, 3.8) is 0 Å². The summed E-state index contributed by atoms with van der Waals surface area (Å²) in [7, 11) is 0. The number of ether oxygens (including phenoxy) is 1. The Labute approximate surface area is 220 Å². The highest BCUT2D eigenvalue weighted by Crippen LogP contribution is 2.28. The topological polar surface area (TPSA) is 51.5 Å². The summed E-state index contributed by atoms with van der Waals surface area (Å²) < 4.78 is 7.80. The van der Waals surface area contributed by atoms with Gasteiger partial charge in [0.05, 0.1) is 11.3 Å². The smallest absolute Gasteiger partial charge is 0.339 e. The van der Waals surface area contributed by atoms with Gasteiger partial charge in [-0.15, -0.1) is 0 Å². The van der Waals surface area contributed by atoms with Crippen molar-refractivity contribution in [2.75, 3.05) is 0 Å². The minimum Gasteiger partial charge on any atom is -0.441 e. The van der Waals surface area contributed by atoms with Gasteiger partial charge in [0, 0.05) is 28.0 Å². The standard InChI is InChI=1S/C32H24ClNO3/c33-27-16-17-28-26(20-27)21-29(34(28)22-23-10-4-1-5-11-23)30(35)18-19-31(24-12-6-2-7-13-24)37-32(36)25-14-8-3-9-15-25/h1-17,20-21,30-31,35H,22H2. The van der Waals surface area contributed by atoms with Crippen LogP contribution in [0, 0.1) is 11.8 Å². The van der Waals surface area contributed by atoms with E-state index in [-0.39, 0.29) is 0 Å². The van der Waals surface area contributed by atoms with E-state index in [0.29, 0.717) is 22.8 Å². The molecule has 5 rings (SSSR count). The van der Waals surface area contributed by atoms with Crippen LogP contribution in [0.1, 0.15) is 39.4 Å². The summed E-state index contributed by atoms with van der Waals surface area (Å²) in [4.78, 5) is 12.8. The number of hydrogen-bond donors (Lipinski definition) is 1. The van der Waals surface area contributed by atoms with E-state index < -0.39 is 18.2 Å². The maximum absolute atomic E-state index is 12.8. The average Bonchev–Trinajstić information content (AvgIpc) is 3.29. The zero-order valence-electron chi connectivity index (χ0n) is 19.9. The number of hydrogen-bond acceptors (Lipinski definition) is 3. The molecular formula is C32H24ClNO3. The molecule has 2 unspecified atom stereocenters. The van der Waals surface area contributed by atoms with Crippen molar-refractivity contribution in [3.05, 3.63) is 143 Å². The van der Waals surface area contributed by atoms with E-state index >= 15 is 0 Å². The molecule has 0 fully saturated rings. The fraction of sp³-hybridized carbons (Fsp3) is 0.0938. The lowest BCUT2D eigenvalue weighted by Gasteiger charge is -2.15. The van der Waals surface area contributed by atoms with Crippen LogP contribution in [0.3, 0.4) is 0 Å². The number of halogens is 1. The first-order valence-corrected chi connectivity index (χ1v) is 12.3. The van der Waals surface area contributed by atoms with Crippen molar-refractivity contribution >= 4 is 28.5 Å². The number of aliphatic hydroxyl groups excluding tert-OH is 1. The molecule has 5 aromatic rings. The molecule has 4 nitrogen and oxygen atoms in total. The minimum atomic E-state index is -1.11. The number of aromatic nitrogens is 1. The number of rotatable bonds is 6. The van der Waals surface area contributed by atoms with Crippen LogP contribution in [0.25, 0.3) is 10.9 Å². The molecule has 1 aromatic heterocycles. The fourth-order valence-corrected chi connectivity index (χ4v) is 4.40. The maximum Gasteiger partial charge on any atom is 0.339 e. The molecule has 37 heavy (non-hydrogen) atoms. The van der Waals surface area contributed by atoms with E-state index in [0.717, 1.165) is 22.0 Å². The normalized spacial score (nSPS) is 12.4. The number of carbonyl (C=O) groups excluding carboxylic acids is 1. The predicted octanol–water partition coefficient (Wildman–Crippen LogP) is 6.98. The Balaban J connectivity index is 1.49. The third-order valence-corrected chi connectivity index (χ3v) is 6.28. The lowest BCUT2D eigenvalue weighted by Crippen LogP contribution is -2.11. The Morgan fingerprint density at radius 3 is 2.19 bits per heavy atom. The van der Waals surface area contributed by atoms with Gasteiger partial charge < -0.3 is 14.4 Å². The predicted molar refractivity (Wildman–Crippen MR) is 146 cm³/mol. The monoisotopic (exact) mass is 505 g/mol. The summed E-state index contributed by atoms with van der Waals surface area (Å²) in [6, 6.07) is 35.6. The van der Waals surface area contributed by atoms with E-state index in [1.54, 1.807) is 24.3 Å². The zero-order chi connectivity index (χ0) is 25.6. The highest BCUT2D eigenvalue weighted by molar-refractivity contribution is 6.31. The number of aliphatic hydroxyl groups is 1. The molecule has 0 saturated heterocycles. The lowest BCUT2D eigenvalue weighted by atomic mass is 10.1. The van der Waals surface area contributed by atoms with Crippen LogP contribution in [-0.4, -0.2) is 15.6 Å². The van der Waals surface area contributed by atoms with Gasteiger partial charge in [0.1, 0.15) is 0 Å². The molecule has 5 heteroatoms. The molecule has 0 aliphatic rings. The van der Waals surface area contributed by atoms with Crippen molar-refractivity contribution in [3.8, 4) is 11.8 Å². The van der Waals surface area contributed by atoms with Gasteiger partial charge in [-0.1, -0.05) is 102 Å². The molecule has 0 spiro atoms. The summed E-state index contributed by atoms with van der Waals surface area (Å²) >= 11 is 6.24. The molecule has 2 atom stereocenters. The molecule has 0 saturated carbocycles. The first-order valence-electron chi connectivity index (χ1n) is 11.9. The average molecular weight is 506 g/mol. The van der Waals surface area contributed by atoms with E-state index in [1.807, 2.05) is 95.6 Å². The van der Waals surface area contributed by atoms with E-state index in [4.69, 9.17) is 16.3 Å². The van der Waals surface area contributed by atoms with Crippen molar-refractivity contribution in [2.45, 2.75) is 18.8 Å². The summed E-state index contributed by atoms with van der Waals surface area (Å²) in [5, 5.41) is 12.8. The van der Waals surface area contributed by atoms with Crippen LogP contribution >= 0.6 is 11.6 Å². The number of fused-ring (bicyclic) bond motifs is 1. The molecule has 0 aliphatic carbocycles. The second kappa shape index (κ2) is 11.2. The van der Waals surface area contributed by atoms with Crippen LogP contribution in [0.4, 0.5) is 0 Å². The SMILES string of the molecule is O=C(OC(C#CC(O)c1cc2cc(Cl)ccc2n1Cc1ccccc1)c1ccccc1)c1ccccc1. The molecule has 0 aliphatic heterocycles. The van der Waals surface area contributed by atoms with Crippen molar-refractivity contribution in [1.82, 2.24) is 4.57 Å². The third kappa shape index (κ3) is 5.76. The molecule has 4 aromatic carbocycles. The molecule has 0 radical (unpaired) electrons. The Hall–Kier alpha value is -4.30. The van der Waals surface area contributed by atoms with Crippen LogP contribution < -0.4 is 0 Å². The molecule has 0 bridgehead atoms. The molecule has 0 amide bonds. The Bertz CT molecular complexity index is 1570. The Kier molecular flexibility index (Phi) is 7.37. The third-order valence-electron chi connectivity index (χ3n) is 6.05. The van der Waals surface area contributed by atoms with Crippen molar-refractivity contribution in [1.29, 1.82) is 0 Å². The van der Waals surface area contributed by atoms with Crippen LogP contribution in [0.15, 0.2) is 115 Å². The number of carbonyl (C=O) groups is 1. The van der Waals surface area contributed by atoms with Gasteiger partial charge in [0.25, 0.3) is 0 Å². The highest BCUT2D eigenvalue weighted by atomic mass is 35.5. The highest BCUT2D eigenvalue weighted by Gasteiger charge is 2.18. The molecule has 182 valence electrons. The van der Waals surface area contributed by atoms with Gasteiger partial charge in [0.15, 0.2) is 12.2 Å². The van der Waals surface area contributed by atoms with E-state index in [2.05, 4.69) is 11.8 Å². The first-order chi connectivity index (χ1) is 18.1. The van der Waals surface area contributed by atoms with Crippen LogP contribution in [0.2, 0.25) is 5.02 Å². The molecule has 1 N–H and O–H groups in total. The van der Waals surface area contributed by atoms with Gasteiger partial charge >= 0.3 is 5.97 Å². The Morgan fingerprint density at radius 2 is 1.49 bits per heavy atom. The maximum atomic E-state index is 12.8.